The maximum absolute atomic E-state index is 12.5. The molecule has 5 nitrogen and oxygen atoms in total. The third-order valence-corrected chi connectivity index (χ3v) is 5.22. The molecule has 0 saturated carbocycles. The van der Waals surface area contributed by atoms with Gasteiger partial charge in [-0.3, -0.25) is 4.72 Å². The van der Waals surface area contributed by atoms with Crippen LogP contribution in [0.15, 0.2) is 52.9 Å². The number of nitrogens with one attached hydrogen (secondary N) is 1. The van der Waals surface area contributed by atoms with Gasteiger partial charge >= 0.3 is 0 Å². The van der Waals surface area contributed by atoms with Crippen molar-refractivity contribution in [3.05, 3.63) is 48.0 Å². The van der Waals surface area contributed by atoms with E-state index in [-0.39, 0.29) is 4.90 Å². The highest BCUT2D eigenvalue weighted by Gasteiger charge is 2.19. The number of fused-ring (bicyclic) bond motifs is 1. The molecular weight excluding hydrogens is 308 g/mol. The first-order valence-electron chi connectivity index (χ1n) is 6.10. The van der Waals surface area contributed by atoms with E-state index in [2.05, 4.69) is 9.71 Å². The van der Waals surface area contributed by atoms with Gasteiger partial charge in [0.15, 0.2) is 5.13 Å². The molecule has 7 heteroatoms. The largest absolute Gasteiger partial charge is 0.496 e. The van der Waals surface area contributed by atoms with Gasteiger partial charge in [-0.25, -0.2) is 13.4 Å². The maximum atomic E-state index is 12.5. The fourth-order valence-corrected chi connectivity index (χ4v) is 4.10. The molecule has 2 aromatic carbocycles. The number of ether oxygens (including phenoxy) is 1. The molecule has 0 atom stereocenters. The predicted molar refractivity (Wildman–Crippen MR) is 83.4 cm³/mol. The molecule has 0 amide bonds. The van der Waals surface area contributed by atoms with Crippen LogP contribution < -0.4 is 9.46 Å². The monoisotopic (exact) mass is 320 g/mol. The first-order valence-corrected chi connectivity index (χ1v) is 8.46. The molecule has 0 fully saturated rings. The van der Waals surface area contributed by atoms with Gasteiger partial charge in [0.1, 0.15) is 5.75 Å². The highest BCUT2D eigenvalue weighted by Crippen LogP contribution is 2.31. The van der Waals surface area contributed by atoms with Crippen LogP contribution in [0.1, 0.15) is 0 Å². The van der Waals surface area contributed by atoms with Gasteiger partial charge < -0.3 is 4.74 Å². The number of rotatable bonds is 4. The Hall–Kier alpha value is -2.12. The molecular formula is C14H12N2O3S2. The zero-order valence-electron chi connectivity index (χ0n) is 11.1. The summed E-state index contributed by atoms with van der Waals surface area (Å²) in [5.41, 5.74) is 0. The van der Waals surface area contributed by atoms with Crippen LogP contribution in [0, 0.1) is 0 Å². The van der Waals surface area contributed by atoms with E-state index < -0.39 is 10.0 Å². The second-order valence-electron chi connectivity index (χ2n) is 4.25. The number of benzene rings is 2. The van der Waals surface area contributed by atoms with Gasteiger partial charge in [0, 0.05) is 22.3 Å². The lowest BCUT2D eigenvalue weighted by molar-refractivity contribution is 0.419. The Labute approximate surface area is 126 Å². The Morgan fingerprint density at radius 2 is 1.90 bits per heavy atom. The molecule has 21 heavy (non-hydrogen) atoms. The minimum Gasteiger partial charge on any atom is -0.496 e. The van der Waals surface area contributed by atoms with Crippen LogP contribution in [-0.4, -0.2) is 20.5 Å². The summed E-state index contributed by atoms with van der Waals surface area (Å²) in [6.07, 6.45) is 1.55. The lowest BCUT2D eigenvalue weighted by atomic mass is 10.1. The lowest BCUT2D eigenvalue weighted by Gasteiger charge is -2.11. The number of thiazole rings is 1. The Bertz CT molecular complexity index is 874. The fourth-order valence-electron chi connectivity index (χ4n) is 2.10. The van der Waals surface area contributed by atoms with E-state index in [4.69, 9.17) is 4.74 Å². The summed E-state index contributed by atoms with van der Waals surface area (Å²) in [6, 6.07) is 10.4. The Balaban J connectivity index is 2.16. The van der Waals surface area contributed by atoms with E-state index in [1.54, 1.807) is 36.9 Å². The van der Waals surface area contributed by atoms with Crippen molar-refractivity contribution in [2.75, 3.05) is 11.8 Å². The lowest BCUT2D eigenvalue weighted by Crippen LogP contribution is -2.13. The van der Waals surface area contributed by atoms with Gasteiger partial charge in [-0.1, -0.05) is 24.3 Å². The van der Waals surface area contributed by atoms with E-state index in [1.165, 1.54) is 17.4 Å². The molecule has 0 bridgehead atoms. The van der Waals surface area contributed by atoms with Gasteiger partial charge in [0.2, 0.25) is 0 Å². The minimum absolute atomic E-state index is 0.203. The maximum Gasteiger partial charge on any atom is 0.264 e. The molecule has 3 rings (SSSR count). The summed E-state index contributed by atoms with van der Waals surface area (Å²) in [5, 5.41) is 3.42. The molecule has 3 aromatic rings. The molecule has 0 unspecified atom stereocenters. The van der Waals surface area contributed by atoms with Crippen LogP contribution in [0.4, 0.5) is 5.13 Å². The predicted octanol–water partition coefficient (Wildman–Crippen LogP) is 3.11. The molecule has 0 aliphatic carbocycles. The number of nitrogens with zero attached hydrogens (tertiary/aromatic N) is 1. The van der Waals surface area contributed by atoms with Crippen molar-refractivity contribution in [1.29, 1.82) is 0 Å². The number of methoxy groups -OCH3 is 1. The van der Waals surface area contributed by atoms with Gasteiger partial charge in [-0.15, -0.1) is 11.3 Å². The third-order valence-electron chi connectivity index (χ3n) is 3.01. The number of sulfonamides is 1. The molecule has 108 valence electrons. The van der Waals surface area contributed by atoms with Crippen molar-refractivity contribution in [2.24, 2.45) is 0 Å². The van der Waals surface area contributed by atoms with E-state index in [0.717, 1.165) is 5.39 Å². The number of hydrogen-bond acceptors (Lipinski definition) is 5. The number of anilines is 1. The van der Waals surface area contributed by atoms with E-state index in [1.807, 2.05) is 12.1 Å². The summed E-state index contributed by atoms with van der Waals surface area (Å²) in [4.78, 5) is 4.15. The van der Waals surface area contributed by atoms with Gasteiger partial charge in [0.05, 0.1) is 12.0 Å². The van der Waals surface area contributed by atoms with Crippen molar-refractivity contribution in [1.82, 2.24) is 4.98 Å². The third kappa shape index (κ3) is 2.57. The highest BCUT2D eigenvalue weighted by atomic mass is 32.2. The van der Waals surface area contributed by atoms with Crippen molar-refractivity contribution in [2.45, 2.75) is 4.90 Å². The molecule has 1 heterocycles. The normalized spacial score (nSPS) is 11.5. The highest BCUT2D eigenvalue weighted by molar-refractivity contribution is 7.93. The van der Waals surface area contributed by atoms with Crippen molar-refractivity contribution >= 4 is 37.3 Å². The van der Waals surface area contributed by atoms with E-state index >= 15 is 0 Å². The number of hydrogen-bond donors (Lipinski definition) is 1. The average Bonchev–Trinajstić information content (AvgIpc) is 2.98. The molecule has 0 radical (unpaired) electrons. The summed E-state index contributed by atoms with van der Waals surface area (Å²) in [7, 11) is -2.13. The van der Waals surface area contributed by atoms with Crippen LogP contribution in [0.25, 0.3) is 10.8 Å². The first kappa shape index (κ1) is 13.8. The Morgan fingerprint density at radius 1 is 1.14 bits per heavy atom. The molecule has 0 aliphatic heterocycles. The van der Waals surface area contributed by atoms with Crippen molar-refractivity contribution < 1.29 is 13.2 Å². The summed E-state index contributed by atoms with van der Waals surface area (Å²) in [5.74, 6) is 0.638. The van der Waals surface area contributed by atoms with Crippen molar-refractivity contribution in [3.63, 3.8) is 0 Å². The molecule has 1 aromatic heterocycles. The quantitative estimate of drug-likeness (QED) is 0.802. The average molecular weight is 320 g/mol. The van der Waals surface area contributed by atoms with Crippen molar-refractivity contribution in [3.8, 4) is 5.75 Å². The minimum atomic E-state index is -3.69. The second kappa shape index (κ2) is 5.34. The zero-order valence-corrected chi connectivity index (χ0v) is 12.7. The second-order valence-corrected chi connectivity index (χ2v) is 6.80. The molecule has 1 N–H and O–H groups in total. The Kier molecular flexibility index (Phi) is 3.52. The van der Waals surface area contributed by atoms with Gasteiger partial charge in [-0.05, 0) is 12.1 Å². The molecule has 0 spiro atoms. The fraction of sp³-hybridized carbons (Fsp3) is 0.0714. The van der Waals surface area contributed by atoms with Gasteiger partial charge in [-0.2, -0.15) is 0 Å². The van der Waals surface area contributed by atoms with Crippen LogP contribution in [0.2, 0.25) is 0 Å². The standard InChI is InChI=1S/C14H12N2O3S2/c1-19-12-6-7-13(11-5-3-2-4-10(11)12)21(17,18)16-14-15-8-9-20-14/h2-9H,1H3,(H,15,16). The topological polar surface area (TPSA) is 68.3 Å². The summed E-state index contributed by atoms with van der Waals surface area (Å²) in [6.45, 7) is 0. The summed E-state index contributed by atoms with van der Waals surface area (Å²) >= 11 is 1.23. The van der Waals surface area contributed by atoms with Crippen LogP contribution in [0.5, 0.6) is 5.75 Å². The van der Waals surface area contributed by atoms with Crippen LogP contribution >= 0.6 is 11.3 Å². The van der Waals surface area contributed by atoms with Crippen LogP contribution in [-0.2, 0) is 10.0 Å². The van der Waals surface area contributed by atoms with E-state index in [9.17, 15) is 8.42 Å². The van der Waals surface area contributed by atoms with Gasteiger partial charge in [0.25, 0.3) is 10.0 Å². The Morgan fingerprint density at radius 3 is 2.57 bits per heavy atom. The molecule has 0 saturated heterocycles. The summed E-state index contributed by atoms with van der Waals surface area (Å²) < 4.78 is 32.8. The first-order chi connectivity index (χ1) is 10.1. The smallest absolute Gasteiger partial charge is 0.264 e. The molecule has 0 aliphatic rings. The SMILES string of the molecule is COc1ccc(S(=O)(=O)Nc2nccs2)c2ccccc12. The zero-order chi connectivity index (χ0) is 14.9. The van der Waals surface area contributed by atoms with E-state index in [0.29, 0.717) is 16.3 Å². The number of aromatic nitrogens is 1. The van der Waals surface area contributed by atoms with Crippen LogP contribution in [0.3, 0.4) is 0 Å².